The molecule has 126 valence electrons. The van der Waals surface area contributed by atoms with Gasteiger partial charge >= 0.3 is 6.18 Å². The molecule has 4 N–H and O–H groups in total. The van der Waals surface area contributed by atoms with E-state index in [1.165, 1.54) is 0 Å². The van der Waals surface area contributed by atoms with E-state index in [9.17, 15) is 13.2 Å². The lowest BCUT2D eigenvalue weighted by Gasteiger charge is -2.32. The summed E-state index contributed by atoms with van der Waals surface area (Å²) in [4.78, 5) is 4.43. The second kappa shape index (κ2) is 8.47. The molecule has 0 aromatic heterocycles. The van der Waals surface area contributed by atoms with Crippen LogP contribution in [0.3, 0.4) is 0 Å². The molecule has 22 heavy (non-hydrogen) atoms. The maximum absolute atomic E-state index is 12.6. The van der Waals surface area contributed by atoms with Gasteiger partial charge in [-0.25, -0.2) is 0 Å². The summed E-state index contributed by atoms with van der Waals surface area (Å²) in [5.41, 5.74) is 5.47. The van der Waals surface area contributed by atoms with Crippen LogP contribution in [0.4, 0.5) is 18.9 Å². The van der Waals surface area contributed by atoms with Gasteiger partial charge in [0.05, 0.1) is 6.42 Å². The fourth-order valence-corrected chi connectivity index (χ4v) is 2.46. The van der Waals surface area contributed by atoms with Crippen LogP contribution < -0.4 is 5.73 Å². The van der Waals surface area contributed by atoms with Crippen molar-refractivity contribution in [1.82, 2.24) is 9.80 Å². The maximum Gasteiger partial charge on any atom is 0.393 e. The van der Waals surface area contributed by atoms with Gasteiger partial charge in [-0.15, -0.1) is 0 Å². The molecule has 0 unspecified atom stereocenters. The third-order valence-corrected chi connectivity index (χ3v) is 3.65. The molecule has 7 heteroatoms. The molecule has 1 aliphatic rings. The molecule has 1 aromatic rings. The summed E-state index contributed by atoms with van der Waals surface area (Å²) >= 11 is 0. The first-order valence-electron chi connectivity index (χ1n) is 7.19. The van der Waals surface area contributed by atoms with Crippen LogP contribution in [0.25, 0.3) is 0 Å². The lowest BCUT2D eigenvalue weighted by atomic mass is 10.0. The molecule has 1 heterocycles. The number of hydrogen-bond donors (Lipinski definition) is 2. The van der Waals surface area contributed by atoms with Crippen LogP contribution in [0.2, 0.25) is 0 Å². The average Bonchev–Trinajstić information content (AvgIpc) is 2.45. The van der Waals surface area contributed by atoms with Crippen molar-refractivity contribution in [3.63, 3.8) is 0 Å². The van der Waals surface area contributed by atoms with E-state index < -0.39 is 12.6 Å². The van der Waals surface area contributed by atoms with E-state index in [0.717, 1.165) is 38.9 Å². The quantitative estimate of drug-likeness (QED) is 0.874. The Hall–Kier alpha value is -1.15. The average molecular weight is 320 g/mol. The van der Waals surface area contributed by atoms with Gasteiger partial charge in [0, 0.05) is 45.9 Å². The number of quaternary nitrogens is 1. The first-order chi connectivity index (χ1) is 10.3. The third-order valence-electron chi connectivity index (χ3n) is 3.65. The Kier molecular flexibility index (Phi) is 7.28. The first-order valence-corrected chi connectivity index (χ1v) is 7.19. The Balaban J connectivity index is 0.00000116. The standard InChI is InChI=1S/C14H20F3N3.CH4O/c1-19-4-6-20(7-5-19)10-11-2-3-13(18)8-12(11)9-14(15,16)17;1-2/h2-3,8H,4-7,9-10,18H2,1H3;2H,1H3/p+1. The number of halogens is 3. The van der Waals surface area contributed by atoms with Crippen molar-refractivity contribution in [2.24, 2.45) is 0 Å². The molecule has 1 aromatic carbocycles. The predicted molar refractivity (Wildman–Crippen MR) is 79.7 cm³/mol. The highest BCUT2D eigenvalue weighted by molar-refractivity contribution is 5.39. The van der Waals surface area contributed by atoms with Gasteiger partial charge in [0.2, 0.25) is 0 Å². The van der Waals surface area contributed by atoms with Crippen molar-refractivity contribution in [3.05, 3.63) is 29.3 Å². The highest BCUT2D eigenvalue weighted by Gasteiger charge is 2.29. The van der Waals surface area contributed by atoms with Crippen LogP contribution in [0.1, 0.15) is 11.1 Å². The second-order valence-corrected chi connectivity index (χ2v) is 5.47. The van der Waals surface area contributed by atoms with Crippen molar-refractivity contribution in [2.45, 2.75) is 19.1 Å². The number of alkyl halides is 3. The molecule has 1 aliphatic heterocycles. The molecule has 0 amide bonds. The molecule has 0 aliphatic carbocycles. The summed E-state index contributed by atoms with van der Waals surface area (Å²) < 4.78 is 37.9. The highest BCUT2D eigenvalue weighted by Crippen LogP contribution is 2.25. The molecule has 2 rings (SSSR count). The third kappa shape index (κ3) is 6.31. The summed E-state index contributed by atoms with van der Waals surface area (Å²) in [7, 11) is 3.06. The van der Waals surface area contributed by atoms with E-state index >= 15 is 0 Å². The van der Waals surface area contributed by atoms with Crippen LogP contribution in [-0.4, -0.2) is 61.4 Å². The number of likely N-dealkylation sites (N-methyl/N-ethyl adjacent to an activating group) is 1. The second-order valence-electron chi connectivity index (χ2n) is 5.47. The number of piperazine rings is 1. The number of benzene rings is 1. The van der Waals surface area contributed by atoms with E-state index in [1.54, 1.807) is 18.2 Å². The molecule has 4 nitrogen and oxygen atoms in total. The summed E-state index contributed by atoms with van der Waals surface area (Å²) in [5.74, 6) is 0. The Morgan fingerprint density at radius 1 is 1.09 bits per heavy atom. The number of nitrogens with zero attached hydrogens (tertiary/aromatic N) is 2. The fourth-order valence-electron chi connectivity index (χ4n) is 2.46. The van der Waals surface area contributed by atoms with E-state index in [-0.39, 0.29) is 0 Å². The van der Waals surface area contributed by atoms with E-state index in [2.05, 4.69) is 22.6 Å². The van der Waals surface area contributed by atoms with E-state index in [4.69, 9.17) is 5.11 Å². The molecule has 0 radical (unpaired) electrons. The first kappa shape index (κ1) is 18.9. The van der Waals surface area contributed by atoms with Gasteiger partial charge in [-0.3, -0.25) is 4.90 Å². The smallest absolute Gasteiger partial charge is 0.393 e. The Morgan fingerprint density at radius 3 is 2.23 bits per heavy atom. The monoisotopic (exact) mass is 320 g/mol. The Morgan fingerprint density at radius 2 is 1.68 bits per heavy atom. The van der Waals surface area contributed by atoms with Crippen molar-refractivity contribution in [3.8, 4) is 0 Å². The maximum atomic E-state index is 12.6. The highest BCUT2D eigenvalue weighted by atomic mass is 19.4. The van der Waals surface area contributed by atoms with E-state index in [0.29, 0.717) is 17.8 Å². The molecular formula is C15H25F3N3O+. The number of aliphatic hydroxyl groups is 1. The Labute approximate surface area is 129 Å². The molecule has 0 spiro atoms. The van der Waals surface area contributed by atoms with Crippen molar-refractivity contribution >= 4 is 5.69 Å². The van der Waals surface area contributed by atoms with Crippen LogP contribution in [-0.2, 0) is 13.0 Å². The van der Waals surface area contributed by atoms with Gasteiger partial charge in [0.25, 0.3) is 0 Å². The number of hydrogen-bond acceptors (Lipinski definition) is 3. The lowest BCUT2D eigenvalue weighted by Crippen LogP contribution is -2.44. The largest absolute Gasteiger partial charge is 0.400 e. The van der Waals surface area contributed by atoms with Gasteiger partial charge in [-0.2, -0.15) is 13.2 Å². The minimum Gasteiger partial charge on any atom is -0.400 e. The zero-order valence-electron chi connectivity index (χ0n) is 13.2. The van der Waals surface area contributed by atoms with Crippen LogP contribution in [0, 0.1) is 0 Å². The minimum absolute atomic E-state index is 0.351. The van der Waals surface area contributed by atoms with Gasteiger partial charge in [-0.1, -0.05) is 6.07 Å². The molecule has 1 fully saturated rings. The number of aliphatic hydroxyl groups excluding tert-OH is 1. The van der Waals surface area contributed by atoms with Crippen molar-refractivity contribution in [1.29, 1.82) is 0 Å². The minimum atomic E-state index is -4.18. The zero-order chi connectivity index (χ0) is 16.8. The van der Waals surface area contributed by atoms with Gasteiger partial charge in [0.15, 0.2) is 0 Å². The van der Waals surface area contributed by atoms with Gasteiger partial charge < -0.3 is 15.7 Å². The summed E-state index contributed by atoms with van der Waals surface area (Å²) in [6.07, 6.45) is -5.05. The molecule has 0 saturated carbocycles. The molecule has 0 bridgehead atoms. The molecular weight excluding hydrogens is 295 g/mol. The molecule has 1 saturated heterocycles. The summed E-state index contributed by atoms with van der Waals surface area (Å²) in [6, 6.07) is 5.12. The normalized spacial score (nSPS) is 17.0. The summed E-state index contributed by atoms with van der Waals surface area (Å²) in [6.45, 7) is 4.30. The van der Waals surface area contributed by atoms with Crippen LogP contribution in [0.15, 0.2) is 18.2 Å². The lowest BCUT2D eigenvalue weighted by molar-refractivity contribution is -0.254. The van der Waals surface area contributed by atoms with Gasteiger partial charge in [0.1, 0.15) is 5.69 Å². The topological polar surface area (TPSA) is 54.4 Å². The van der Waals surface area contributed by atoms with Crippen LogP contribution >= 0.6 is 0 Å². The van der Waals surface area contributed by atoms with E-state index in [1.807, 2.05) is 0 Å². The predicted octanol–water partition coefficient (Wildman–Crippen LogP) is 1.02. The summed E-state index contributed by atoms with van der Waals surface area (Å²) in [5, 5.41) is 7.00. The number of rotatable bonds is 3. The van der Waals surface area contributed by atoms with Crippen molar-refractivity contribution in [2.75, 3.05) is 40.3 Å². The fraction of sp³-hybridized carbons (Fsp3) is 0.600. The van der Waals surface area contributed by atoms with Crippen molar-refractivity contribution < 1.29 is 24.0 Å². The Bertz CT molecular complexity index is 458. The van der Waals surface area contributed by atoms with Crippen LogP contribution in [0.5, 0.6) is 0 Å². The zero-order valence-corrected chi connectivity index (χ0v) is 13.2. The molecule has 0 atom stereocenters. The van der Waals surface area contributed by atoms with Gasteiger partial charge in [-0.05, 0) is 24.2 Å². The SMILES string of the molecule is CN1CCN(Cc2ccc([NH3+])cc2CC(F)(F)F)CC1.CO.